The molecular weight excluding hydrogens is 398 g/mol. The predicted molar refractivity (Wildman–Crippen MR) is 116 cm³/mol. The fourth-order valence-corrected chi connectivity index (χ4v) is 3.95. The maximum atomic E-state index is 13.7. The highest BCUT2D eigenvalue weighted by atomic mass is 32.2. The molecule has 154 valence electrons. The lowest BCUT2D eigenvalue weighted by Crippen LogP contribution is -2.35. The molecule has 1 unspecified atom stereocenters. The molecule has 4 rings (SSSR count). The predicted octanol–water partition coefficient (Wildman–Crippen LogP) is 3.61. The molecule has 7 heteroatoms. The fourth-order valence-electron chi connectivity index (χ4n) is 3.52. The van der Waals surface area contributed by atoms with E-state index in [9.17, 15) is 9.00 Å². The lowest BCUT2D eigenvalue weighted by atomic mass is 10.0. The summed E-state index contributed by atoms with van der Waals surface area (Å²) in [6, 6.07) is 17.6. The number of aromatic nitrogens is 2. The van der Waals surface area contributed by atoms with Crippen molar-refractivity contribution in [2.45, 2.75) is 25.0 Å². The van der Waals surface area contributed by atoms with E-state index in [4.69, 9.17) is 4.74 Å². The lowest BCUT2D eigenvalue weighted by molar-refractivity contribution is 0.0710. The Labute approximate surface area is 178 Å². The molecule has 0 aliphatic carbocycles. The first-order valence-electron chi connectivity index (χ1n) is 9.82. The molecule has 1 atom stereocenters. The molecule has 3 aromatic rings. The van der Waals surface area contributed by atoms with E-state index >= 15 is 0 Å². The smallest absolute Gasteiger partial charge is 0.261 e. The van der Waals surface area contributed by atoms with Gasteiger partial charge in [-0.15, -0.1) is 0 Å². The van der Waals surface area contributed by atoms with Gasteiger partial charge in [0, 0.05) is 24.9 Å². The van der Waals surface area contributed by atoms with Gasteiger partial charge < -0.3 is 9.64 Å². The topological polar surface area (TPSA) is 72.4 Å². The molecule has 0 fully saturated rings. The first kappa shape index (κ1) is 20.2. The highest BCUT2D eigenvalue weighted by Crippen LogP contribution is 2.33. The molecule has 2 heterocycles. The average molecular weight is 422 g/mol. The van der Waals surface area contributed by atoms with Crippen LogP contribution in [0.4, 0.5) is 0 Å². The van der Waals surface area contributed by atoms with E-state index in [1.165, 1.54) is 6.26 Å². The quantitative estimate of drug-likeness (QED) is 0.602. The summed E-state index contributed by atoms with van der Waals surface area (Å²) in [7, 11) is -1.41. The molecule has 0 spiro atoms. The van der Waals surface area contributed by atoms with Gasteiger partial charge in [-0.25, -0.2) is 4.98 Å². The molecule has 1 aliphatic rings. The largest absolute Gasteiger partial charge is 0.477 e. The minimum atomic E-state index is -1.41. The number of carbonyl (C=O) groups excluding carboxylic acids is 1. The number of benzene rings is 2. The third-order valence-electron chi connectivity index (χ3n) is 5.04. The Morgan fingerprint density at radius 3 is 2.53 bits per heavy atom. The molecular formula is C23H23N3O3S. The number of amides is 1. The van der Waals surface area contributed by atoms with Gasteiger partial charge in [0.1, 0.15) is 5.56 Å². The third-order valence-corrected chi connectivity index (χ3v) is 5.74. The summed E-state index contributed by atoms with van der Waals surface area (Å²) in [5.41, 5.74) is 3.62. The first-order chi connectivity index (χ1) is 14.5. The number of fused-ring (bicyclic) bond motifs is 1. The Morgan fingerprint density at radius 2 is 1.80 bits per heavy atom. The highest BCUT2D eigenvalue weighted by Gasteiger charge is 2.30. The van der Waals surface area contributed by atoms with Gasteiger partial charge >= 0.3 is 0 Å². The Bertz CT molecular complexity index is 1100. The van der Waals surface area contributed by atoms with Crippen molar-refractivity contribution in [2.24, 2.45) is 0 Å². The van der Waals surface area contributed by atoms with Crippen LogP contribution in [0.25, 0.3) is 11.3 Å². The van der Waals surface area contributed by atoms with Crippen molar-refractivity contribution in [1.29, 1.82) is 0 Å². The van der Waals surface area contributed by atoms with Gasteiger partial charge in [0.2, 0.25) is 11.0 Å². The van der Waals surface area contributed by atoms with E-state index in [-0.39, 0.29) is 16.9 Å². The zero-order valence-electron chi connectivity index (χ0n) is 17.0. The van der Waals surface area contributed by atoms with Crippen LogP contribution in [0.2, 0.25) is 0 Å². The van der Waals surface area contributed by atoms with Gasteiger partial charge in [0.05, 0.1) is 23.1 Å². The summed E-state index contributed by atoms with van der Waals surface area (Å²) in [5, 5.41) is 0.162. The first-order valence-corrected chi connectivity index (χ1v) is 11.4. The van der Waals surface area contributed by atoms with Crippen molar-refractivity contribution >= 4 is 16.7 Å². The van der Waals surface area contributed by atoms with Crippen LogP contribution in [0.1, 0.15) is 27.9 Å². The summed E-state index contributed by atoms with van der Waals surface area (Å²) >= 11 is 0. The molecule has 30 heavy (non-hydrogen) atoms. The second-order valence-corrected chi connectivity index (χ2v) is 8.49. The van der Waals surface area contributed by atoms with Crippen LogP contribution in [-0.2, 0) is 17.3 Å². The van der Waals surface area contributed by atoms with Gasteiger partial charge in [-0.05, 0) is 24.5 Å². The number of carbonyl (C=O) groups is 1. The Morgan fingerprint density at radius 1 is 1.07 bits per heavy atom. The molecule has 1 aromatic heterocycles. The lowest BCUT2D eigenvalue weighted by Gasteiger charge is -2.27. The molecule has 0 saturated heterocycles. The van der Waals surface area contributed by atoms with E-state index in [1.54, 1.807) is 0 Å². The fraction of sp³-hybridized carbons (Fsp3) is 0.261. The second kappa shape index (κ2) is 8.75. The van der Waals surface area contributed by atoms with Crippen LogP contribution in [0.15, 0.2) is 59.8 Å². The summed E-state index contributed by atoms with van der Waals surface area (Å²) in [4.78, 5) is 24.4. The van der Waals surface area contributed by atoms with E-state index < -0.39 is 10.8 Å². The normalized spacial score (nSPS) is 15.0. The van der Waals surface area contributed by atoms with Gasteiger partial charge in [0.25, 0.3) is 5.91 Å². The van der Waals surface area contributed by atoms with Gasteiger partial charge in [0.15, 0.2) is 0 Å². The Balaban J connectivity index is 1.87. The van der Waals surface area contributed by atoms with Crippen molar-refractivity contribution in [3.63, 3.8) is 0 Å². The van der Waals surface area contributed by atoms with Gasteiger partial charge in [-0.1, -0.05) is 54.6 Å². The van der Waals surface area contributed by atoms with Crippen molar-refractivity contribution in [2.75, 3.05) is 19.4 Å². The van der Waals surface area contributed by atoms with Crippen LogP contribution >= 0.6 is 0 Å². The van der Waals surface area contributed by atoms with Gasteiger partial charge in [-0.2, -0.15) is 4.98 Å². The second-order valence-electron chi connectivity index (χ2n) is 7.22. The molecule has 0 bridgehead atoms. The number of rotatable bonds is 4. The number of ether oxygens (including phenoxy) is 1. The van der Waals surface area contributed by atoms with E-state index in [0.29, 0.717) is 37.4 Å². The zero-order chi connectivity index (χ0) is 21.1. The molecule has 0 radical (unpaired) electrons. The summed E-state index contributed by atoms with van der Waals surface area (Å²) in [6.07, 6.45) is 2.21. The van der Waals surface area contributed by atoms with Crippen molar-refractivity contribution in [1.82, 2.24) is 14.9 Å². The standard InChI is InChI=1S/C23H23N3O3S/c1-16-9-6-7-12-18(16)20-19-21(25-23(24-20)30(2)28)29-14-8-13-26(22(19)27)15-17-10-4-3-5-11-17/h3-7,9-12H,8,13-15H2,1-2H3. The number of hydrogen-bond donors (Lipinski definition) is 0. The molecule has 1 aliphatic heterocycles. The number of nitrogens with zero attached hydrogens (tertiary/aromatic N) is 3. The van der Waals surface area contributed by atoms with E-state index in [2.05, 4.69) is 9.97 Å². The Kier molecular flexibility index (Phi) is 5.90. The third kappa shape index (κ3) is 4.11. The van der Waals surface area contributed by atoms with Crippen LogP contribution in [0.3, 0.4) is 0 Å². The maximum Gasteiger partial charge on any atom is 0.261 e. The monoisotopic (exact) mass is 421 g/mol. The Hall–Kier alpha value is -3.06. The number of hydrogen-bond acceptors (Lipinski definition) is 5. The van der Waals surface area contributed by atoms with Crippen molar-refractivity contribution in [3.05, 3.63) is 71.3 Å². The molecule has 1 amide bonds. The van der Waals surface area contributed by atoms with Crippen LogP contribution in [0.5, 0.6) is 5.88 Å². The number of aryl methyl sites for hydroxylation is 1. The van der Waals surface area contributed by atoms with Crippen LogP contribution in [0, 0.1) is 6.92 Å². The average Bonchev–Trinajstić information content (AvgIpc) is 2.75. The zero-order valence-corrected chi connectivity index (χ0v) is 17.8. The minimum absolute atomic E-state index is 0.162. The van der Waals surface area contributed by atoms with Crippen LogP contribution in [-0.4, -0.2) is 44.4 Å². The van der Waals surface area contributed by atoms with E-state index in [0.717, 1.165) is 16.7 Å². The summed E-state index contributed by atoms with van der Waals surface area (Å²) in [5.74, 6) is 0.0245. The molecule has 6 nitrogen and oxygen atoms in total. The van der Waals surface area contributed by atoms with Crippen molar-refractivity contribution < 1.29 is 13.7 Å². The van der Waals surface area contributed by atoms with Gasteiger partial charge in [-0.3, -0.25) is 9.00 Å². The van der Waals surface area contributed by atoms with Crippen molar-refractivity contribution in [3.8, 4) is 17.1 Å². The van der Waals surface area contributed by atoms with E-state index in [1.807, 2.05) is 66.4 Å². The van der Waals surface area contributed by atoms with Crippen LogP contribution < -0.4 is 4.74 Å². The SMILES string of the molecule is Cc1ccccc1-c1nc(S(C)=O)nc2c1C(=O)N(Cc1ccccc1)CCCO2. The maximum absolute atomic E-state index is 13.7. The molecule has 2 aromatic carbocycles. The molecule has 0 N–H and O–H groups in total. The summed E-state index contributed by atoms with van der Waals surface area (Å²) < 4.78 is 18.0. The minimum Gasteiger partial charge on any atom is -0.477 e. The summed E-state index contributed by atoms with van der Waals surface area (Å²) in [6.45, 7) is 3.45. The highest BCUT2D eigenvalue weighted by molar-refractivity contribution is 7.84. The molecule has 0 saturated carbocycles.